The molecule has 2 aromatic carbocycles. The molecule has 0 aliphatic carbocycles. The summed E-state index contributed by atoms with van der Waals surface area (Å²) in [5, 5.41) is 0. The number of para-hydroxylation sites is 1. The van der Waals surface area contributed by atoms with Crippen LogP contribution in [0.2, 0.25) is 0 Å². The molecule has 27 heavy (non-hydrogen) atoms. The first-order chi connectivity index (χ1) is 12.9. The fourth-order valence-electron chi connectivity index (χ4n) is 3.12. The Bertz CT molecular complexity index is 815. The smallest absolute Gasteiger partial charge is 0.266 e. The lowest BCUT2D eigenvalue weighted by atomic mass is 10.1. The standard InChI is InChI=1S/C21H23FN2O3/c1-21(2,27-18-9-4-3-5-10-18)20(26)24-13-11-23(12-14-24)19(25)16-7-6-8-17(22)15-16/h3-10,15H,11-14H2,1-2H3. The Labute approximate surface area is 158 Å². The summed E-state index contributed by atoms with van der Waals surface area (Å²) in [6, 6.07) is 14.9. The van der Waals surface area contributed by atoms with Gasteiger partial charge in [-0.2, -0.15) is 0 Å². The first-order valence-corrected chi connectivity index (χ1v) is 8.95. The van der Waals surface area contributed by atoms with Gasteiger partial charge in [-0.15, -0.1) is 0 Å². The van der Waals surface area contributed by atoms with Crippen molar-refractivity contribution in [3.63, 3.8) is 0 Å². The number of ether oxygens (including phenoxy) is 1. The average Bonchev–Trinajstić information content (AvgIpc) is 2.67. The van der Waals surface area contributed by atoms with Gasteiger partial charge in [0.15, 0.2) is 5.60 Å². The quantitative estimate of drug-likeness (QED) is 0.831. The van der Waals surface area contributed by atoms with Gasteiger partial charge in [0.1, 0.15) is 11.6 Å². The van der Waals surface area contributed by atoms with E-state index in [0.717, 1.165) is 0 Å². The molecular formula is C21H23FN2O3. The van der Waals surface area contributed by atoms with E-state index in [1.165, 1.54) is 18.2 Å². The Balaban J connectivity index is 1.59. The van der Waals surface area contributed by atoms with Crippen molar-refractivity contribution in [1.82, 2.24) is 9.80 Å². The second kappa shape index (κ2) is 7.78. The van der Waals surface area contributed by atoms with Crippen LogP contribution in [-0.4, -0.2) is 53.4 Å². The van der Waals surface area contributed by atoms with Crippen LogP contribution in [0.3, 0.4) is 0 Å². The number of benzene rings is 2. The molecule has 1 heterocycles. The maximum atomic E-state index is 13.3. The van der Waals surface area contributed by atoms with Crippen LogP contribution < -0.4 is 4.74 Å². The van der Waals surface area contributed by atoms with Crippen LogP contribution in [0.1, 0.15) is 24.2 Å². The number of hydrogen-bond donors (Lipinski definition) is 0. The largest absolute Gasteiger partial charge is 0.478 e. The van der Waals surface area contributed by atoms with E-state index in [-0.39, 0.29) is 11.8 Å². The molecule has 0 aromatic heterocycles. The zero-order valence-corrected chi connectivity index (χ0v) is 15.5. The minimum Gasteiger partial charge on any atom is -0.478 e. The van der Waals surface area contributed by atoms with E-state index in [4.69, 9.17) is 4.74 Å². The third kappa shape index (κ3) is 4.45. The van der Waals surface area contributed by atoms with E-state index >= 15 is 0 Å². The Morgan fingerprint density at radius 1 is 0.926 bits per heavy atom. The normalized spacial score (nSPS) is 14.8. The van der Waals surface area contributed by atoms with Gasteiger partial charge in [0.25, 0.3) is 11.8 Å². The summed E-state index contributed by atoms with van der Waals surface area (Å²) in [6.07, 6.45) is 0. The highest BCUT2D eigenvalue weighted by Crippen LogP contribution is 2.21. The molecule has 0 bridgehead atoms. The van der Waals surface area contributed by atoms with Gasteiger partial charge in [0.05, 0.1) is 0 Å². The van der Waals surface area contributed by atoms with Crippen molar-refractivity contribution in [2.45, 2.75) is 19.4 Å². The number of amides is 2. The van der Waals surface area contributed by atoms with Gasteiger partial charge in [0.2, 0.25) is 0 Å². The molecule has 0 unspecified atom stereocenters. The Kier molecular flexibility index (Phi) is 5.44. The van der Waals surface area contributed by atoms with Crippen LogP contribution in [0.15, 0.2) is 54.6 Å². The summed E-state index contributed by atoms with van der Waals surface area (Å²) in [4.78, 5) is 28.7. The third-order valence-corrected chi connectivity index (χ3v) is 4.56. The van der Waals surface area contributed by atoms with Crippen molar-refractivity contribution in [2.24, 2.45) is 0 Å². The molecule has 0 spiro atoms. The molecule has 1 aliphatic rings. The highest BCUT2D eigenvalue weighted by Gasteiger charge is 2.36. The first-order valence-electron chi connectivity index (χ1n) is 8.95. The van der Waals surface area contributed by atoms with E-state index in [2.05, 4.69) is 0 Å². The molecule has 1 fully saturated rings. The van der Waals surface area contributed by atoms with Crippen LogP contribution in [0.5, 0.6) is 5.75 Å². The SMILES string of the molecule is CC(C)(Oc1ccccc1)C(=O)N1CCN(C(=O)c2cccc(F)c2)CC1. The molecule has 0 N–H and O–H groups in total. The van der Waals surface area contributed by atoms with Crippen LogP contribution in [0, 0.1) is 5.82 Å². The number of halogens is 1. The molecule has 6 heteroatoms. The van der Waals surface area contributed by atoms with E-state index in [1.807, 2.05) is 30.3 Å². The number of nitrogens with zero attached hydrogens (tertiary/aromatic N) is 2. The van der Waals surface area contributed by atoms with E-state index in [9.17, 15) is 14.0 Å². The second-order valence-electron chi connectivity index (χ2n) is 7.02. The molecular weight excluding hydrogens is 347 g/mol. The monoisotopic (exact) mass is 370 g/mol. The van der Waals surface area contributed by atoms with Crippen LogP contribution >= 0.6 is 0 Å². The Morgan fingerprint density at radius 2 is 1.56 bits per heavy atom. The number of hydrogen-bond acceptors (Lipinski definition) is 3. The van der Waals surface area contributed by atoms with E-state index < -0.39 is 11.4 Å². The number of carbonyl (C=O) groups is 2. The summed E-state index contributed by atoms with van der Waals surface area (Å²) in [5.74, 6) is -0.143. The van der Waals surface area contributed by atoms with Crippen molar-refractivity contribution in [2.75, 3.05) is 26.2 Å². The Morgan fingerprint density at radius 3 is 2.19 bits per heavy atom. The maximum absolute atomic E-state index is 13.3. The molecule has 0 radical (unpaired) electrons. The van der Waals surface area contributed by atoms with Gasteiger partial charge < -0.3 is 14.5 Å². The summed E-state index contributed by atoms with van der Waals surface area (Å²) < 4.78 is 19.2. The fourth-order valence-corrected chi connectivity index (χ4v) is 3.12. The fraction of sp³-hybridized carbons (Fsp3) is 0.333. The molecule has 0 atom stereocenters. The molecule has 1 aliphatic heterocycles. The van der Waals surface area contributed by atoms with E-state index in [1.54, 1.807) is 29.7 Å². The van der Waals surface area contributed by atoms with Crippen molar-refractivity contribution < 1.29 is 18.7 Å². The summed E-state index contributed by atoms with van der Waals surface area (Å²) in [5.41, 5.74) is -0.682. The molecule has 2 amide bonds. The van der Waals surface area contributed by atoms with Crippen LogP contribution in [-0.2, 0) is 4.79 Å². The van der Waals surface area contributed by atoms with Crippen molar-refractivity contribution in [3.05, 3.63) is 66.0 Å². The lowest BCUT2D eigenvalue weighted by Crippen LogP contribution is -2.56. The number of piperazine rings is 1. The van der Waals surface area contributed by atoms with Gasteiger partial charge in [-0.25, -0.2) is 4.39 Å². The minimum absolute atomic E-state index is 0.121. The zero-order valence-electron chi connectivity index (χ0n) is 15.5. The summed E-state index contributed by atoms with van der Waals surface area (Å²) >= 11 is 0. The predicted molar refractivity (Wildman–Crippen MR) is 100 cm³/mol. The lowest BCUT2D eigenvalue weighted by Gasteiger charge is -2.38. The molecule has 142 valence electrons. The van der Waals surface area contributed by atoms with Gasteiger partial charge in [-0.1, -0.05) is 24.3 Å². The predicted octanol–water partition coefficient (Wildman–Crippen LogP) is 2.97. The molecule has 1 saturated heterocycles. The summed E-state index contributed by atoms with van der Waals surface area (Å²) in [6.45, 7) is 5.13. The lowest BCUT2D eigenvalue weighted by molar-refractivity contribution is -0.147. The highest BCUT2D eigenvalue weighted by molar-refractivity contribution is 5.94. The third-order valence-electron chi connectivity index (χ3n) is 4.56. The highest BCUT2D eigenvalue weighted by atomic mass is 19.1. The van der Waals surface area contributed by atoms with Crippen LogP contribution in [0.4, 0.5) is 4.39 Å². The average molecular weight is 370 g/mol. The molecule has 0 saturated carbocycles. The van der Waals surface area contributed by atoms with Crippen molar-refractivity contribution in [3.8, 4) is 5.75 Å². The van der Waals surface area contributed by atoms with Gasteiger partial charge in [-0.05, 0) is 44.2 Å². The molecule has 5 nitrogen and oxygen atoms in total. The van der Waals surface area contributed by atoms with Gasteiger partial charge >= 0.3 is 0 Å². The summed E-state index contributed by atoms with van der Waals surface area (Å²) in [7, 11) is 0. The molecule has 2 aromatic rings. The molecule has 3 rings (SSSR count). The maximum Gasteiger partial charge on any atom is 0.266 e. The first kappa shape index (κ1) is 18.9. The number of carbonyl (C=O) groups excluding carboxylic acids is 2. The van der Waals surface area contributed by atoms with E-state index in [0.29, 0.717) is 37.5 Å². The second-order valence-corrected chi connectivity index (χ2v) is 7.02. The zero-order chi connectivity index (χ0) is 19.4. The Hall–Kier alpha value is -2.89. The van der Waals surface area contributed by atoms with Crippen LogP contribution in [0.25, 0.3) is 0 Å². The minimum atomic E-state index is -1.00. The van der Waals surface area contributed by atoms with Crippen molar-refractivity contribution in [1.29, 1.82) is 0 Å². The number of rotatable bonds is 4. The van der Waals surface area contributed by atoms with Gasteiger partial charge in [-0.3, -0.25) is 9.59 Å². The topological polar surface area (TPSA) is 49.9 Å². The van der Waals surface area contributed by atoms with Crippen molar-refractivity contribution >= 4 is 11.8 Å². The van der Waals surface area contributed by atoms with Gasteiger partial charge in [0, 0.05) is 31.7 Å².